The Morgan fingerprint density at radius 3 is 2.62 bits per heavy atom. The van der Waals surface area contributed by atoms with Crippen LogP contribution in [-0.4, -0.2) is 42.3 Å². The quantitative estimate of drug-likeness (QED) is 0.332. The smallest absolute Gasteiger partial charge is 0.173 e. The lowest BCUT2D eigenvalue weighted by Crippen LogP contribution is -2.39. The Bertz CT molecular complexity index is 473. The van der Waals surface area contributed by atoms with Gasteiger partial charge in [0.2, 0.25) is 0 Å². The topological polar surface area (TPSA) is 84.0 Å². The van der Waals surface area contributed by atoms with Gasteiger partial charge in [-0.25, -0.2) is 4.98 Å². The van der Waals surface area contributed by atoms with Crippen LogP contribution in [0.3, 0.4) is 0 Å². The minimum Gasteiger partial charge on any atom is -0.409 e. The Hall–Kier alpha value is -1.82. The number of amidine groups is 1. The van der Waals surface area contributed by atoms with Crippen LogP contribution in [0.5, 0.6) is 0 Å². The number of aryl methyl sites for hydroxylation is 1. The van der Waals surface area contributed by atoms with Crippen LogP contribution in [0.1, 0.15) is 37.9 Å². The highest BCUT2D eigenvalue weighted by Crippen LogP contribution is 2.23. The molecule has 1 aromatic rings. The van der Waals surface area contributed by atoms with Crippen molar-refractivity contribution < 1.29 is 9.94 Å². The molecule has 0 fully saturated rings. The first-order chi connectivity index (χ1) is 10.1. The number of pyridine rings is 1. The number of nitrogens with two attached hydrogens (primary N) is 1. The van der Waals surface area contributed by atoms with Gasteiger partial charge in [-0.1, -0.05) is 19.0 Å². The molecule has 6 nitrogen and oxygen atoms in total. The molecule has 1 aromatic heterocycles. The summed E-state index contributed by atoms with van der Waals surface area (Å²) in [5.41, 5.74) is 7.34. The van der Waals surface area contributed by atoms with E-state index in [2.05, 4.69) is 28.9 Å². The fraction of sp³-hybridized carbons (Fsp3) is 0.600. The molecule has 1 rings (SSSR count). The predicted molar refractivity (Wildman–Crippen MR) is 85.1 cm³/mol. The molecule has 0 unspecified atom stereocenters. The van der Waals surface area contributed by atoms with E-state index >= 15 is 0 Å². The summed E-state index contributed by atoms with van der Waals surface area (Å²) in [6, 6.07) is 4.03. The molecule has 0 bridgehead atoms. The first-order valence-electron chi connectivity index (χ1n) is 7.30. The maximum absolute atomic E-state index is 8.98. The Balaban J connectivity index is 3.30. The largest absolute Gasteiger partial charge is 0.409 e. The standard InChI is InChI=1S/C15H26N4O2/c1-5-12(6-2)19(9-10-21-4)15-13(14(16)18-20)8-7-11(3)17-15/h7-8,12,20H,5-6,9-10H2,1-4H3,(H2,16,18). The third-order valence-electron chi connectivity index (χ3n) is 3.59. The Morgan fingerprint density at radius 1 is 1.43 bits per heavy atom. The van der Waals surface area contributed by atoms with Crippen molar-refractivity contribution in [2.24, 2.45) is 10.9 Å². The van der Waals surface area contributed by atoms with E-state index in [1.54, 1.807) is 7.11 Å². The van der Waals surface area contributed by atoms with Crippen LogP contribution in [-0.2, 0) is 4.74 Å². The SMILES string of the molecule is CCC(CC)N(CCOC)c1nc(C)ccc1C(N)=NO. The summed E-state index contributed by atoms with van der Waals surface area (Å²) >= 11 is 0. The summed E-state index contributed by atoms with van der Waals surface area (Å²) in [4.78, 5) is 6.80. The highest BCUT2D eigenvalue weighted by Gasteiger charge is 2.21. The molecular weight excluding hydrogens is 268 g/mol. The number of nitrogens with zero attached hydrogens (tertiary/aromatic N) is 3. The summed E-state index contributed by atoms with van der Waals surface area (Å²) < 4.78 is 5.21. The molecule has 21 heavy (non-hydrogen) atoms. The molecule has 0 aliphatic carbocycles. The summed E-state index contributed by atoms with van der Waals surface area (Å²) in [6.07, 6.45) is 1.98. The third-order valence-corrected chi connectivity index (χ3v) is 3.59. The number of aromatic nitrogens is 1. The molecule has 0 radical (unpaired) electrons. The van der Waals surface area contributed by atoms with Crippen molar-refractivity contribution in [1.82, 2.24) is 4.98 Å². The van der Waals surface area contributed by atoms with Crippen LogP contribution in [0.25, 0.3) is 0 Å². The first-order valence-corrected chi connectivity index (χ1v) is 7.30. The van der Waals surface area contributed by atoms with Gasteiger partial charge in [-0.2, -0.15) is 0 Å². The van der Waals surface area contributed by atoms with Crippen molar-refractivity contribution in [2.45, 2.75) is 39.7 Å². The molecule has 0 aliphatic rings. The van der Waals surface area contributed by atoms with E-state index in [1.807, 2.05) is 19.1 Å². The van der Waals surface area contributed by atoms with Crippen LogP contribution in [0.15, 0.2) is 17.3 Å². The number of anilines is 1. The molecule has 3 N–H and O–H groups in total. The number of rotatable bonds is 8. The second-order valence-corrected chi connectivity index (χ2v) is 4.97. The first kappa shape index (κ1) is 17.2. The average molecular weight is 294 g/mol. The van der Waals surface area contributed by atoms with Gasteiger partial charge in [0.05, 0.1) is 12.2 Å². The number of methoxy groups -OCH3 is 1. The van der Waals surface area contributed by atoms with E-state index in [-0.39, 0.29) is 5.84 Å². The highest BCUT2D eigenvalue weighted by atomic mass is 16.5. The lowest BCUT2D eigenvalue weighted by Gasteiger charge is -2.33. The van der Waals surface area contributed by atoms with E-state index in [0.717, 1.165) is 24.4 Å². The summed E-state index contributed by atoms with van der Waals surface area (Å²) in [7, 11) is 1.68. The normalized spacial score (nSPS) is 12.0. The molecular formula is C15H26N4O2. The number of hydrogen-bond donors (Lipinski definition) is 2. The Morgan fingerprint density at radius 2 is 2.10 bits per heavy atom. The molecule has 1 heterocycles. The van der Waals surface area contributed by atoms with E-state index < -0.39 is 0 Å². The monoisotopic (exact) mass is 294 g/mol. The van der Waals surface area contributed by atoms with Crippen LogP contribution in [0.2, 0.25) is 0 Å². The fourth-order valence-corrected chi connectivity index (χ4v) is 2.40. The van der Waals surface area contributed by atoms with Crippen molar-refractivity contribution in [3.63, 3.8) is 0 Å². The van der Waals surface area contributed by atoms with Gasteiger partial charge in [-0.3, -0.25) is 0 Å². The van der Waals surface area contributed by atoms with Gasteiger partial charge in [-0.15, -0.1) is 0 Å². The number of ether oxygens (including phenoxy) is 1. The maximum Gasteiger partial charge on any atom is 0.173 e. The molecule has 0 saturated carbocycles. The summed E-state index contributed by atoms with van der Waals surface area (Å²) in [5.74, 6) is 0.821. The van der Waals surface area contributed by atoms with Gasteiger partial charge in [0.1, 0.15) is 5.82 Å². The zero-order valence-corrected chi connectivity index (χ0v) is 13.3. The molecule has 0 saturated heterocycles. The van der Waals surface area contributed by atoms with Gasteiger partial charge in [0, 0.05) is 25.4 Å². The van der Waals surface area contributed by atoms with Gasteiger partial charge in [0.25, 0.3) is 0 Å². The average Bonchev–Trinajstić information content (AvgIpc) is 2.50. The Kier molecular flexibility index (Phi) is 6.94. The molecule has 118 valence electrons. The zero-order chi connectivity index (χ0) is 15.8. The minimum atomic E-state index is 0.0749. The number of hydrogen-bond acceptors (Lipinski definition) is 5. The summed E-state index contributed by atoms with van der Waals surface area (Å²) in [5, 5.41) is 12.1. The lowest BCUT2D eigenvalue weighted by atomic mass is 10.1. The second kappa shape index (κ2) is 8.46. The van der Waals surface area contributed by atoms with Crippen LogP contribution < -0.4 is 10.6 Å². The molecule has 0 atom stereocenters. The highest BCUT2D eigenvalue weighted by molar-refractivity contribution is 6.01. The molecule has 0 aromatic carbocycles. The van der Waals surface area contributed by atoms with E-state index in [9.17, 15) is 0 Å². The van der Waals surface area contributed by atoms with Crippen LogP contribution >= 0.6 is 0 Å². The maximum atomic E-state index is 8.98. The molecule has 0 spiro atoms. The van der Waals surface area contributed by atoms with Gasteiger partial charge in [-0.05, 0) is 31.9 Å². The van der Waals surface area contributed by atoms with Crippen LogP contribution in [0.4, 0.5) is 5.82 Å². The number of oxime groups is 1. The predicted octanol–water partition coefficient (Wildman–Crippen LogP) is 2.13. The van der Waals surface area contributed by atoms with Gasteiger partial charge in [0.15, 0.2) is 5.84 Å². The molecule has 0 aliphatic heterocycles. The fourth-order valence-electron chi connectivity index (χ4n) is 2.40. The van der Waals surface area contributed by atoms with E-state index in [4.69, 9.17) is 15.7 Å². The van der Waals surface area contributed by atoms with Crippen LogP contribution in [0, 0.1) is 6.92 Å². The van der Waals surface area contributed by atoms with Crippen molar-refractivity contribution in [1.29, 1.82) is 0 Å². The minimum absolute atomic E-state index is 0.0749. The molecule has 6 heteroatoms. The van der Waals surface area contributed by atoms with E-state index in [0.29, 0.717) is 24.8 Å². The Labute approximate surface area is 126 Å². The van der Waals surface area contributed by atoms with Crippen molar-refractivity contribution >= 4 is 11.7 Å². The van der Waals surface area contributed by atoms with Crippen molar-refractivity contribution in [3.8, 4) is 0 Å². The van der Waals surface area contributed by atoms with Gasteiger partial charge >= 0.3 is 0 Å². The van der Waals surface area contributed by atoms with E-state index in [1.165, 1.54) is 0 Å². The lowest BCUT2D eigenvalue weighted by molar-refractivity contribution is 0.202. The van der Waals surface area contributed by atoms with Gasteiger partial charge < -0.3 is 20.6 Å². The second-order valence-electron chi connectivity index (χ2n) is 4.97. The third kappa shape index (κ3) is 4.32. The summed E-state index contributed by atoms with van der Waals surface area (Å²) in [6.45, 7) is 7.54. The zero-order valence-electron chi connectivity index (χ0n) is 13.3. The van der Waals surface area contributed by atoms with Crippen molar-refractivity contribution in [2.75, 3.05) is 25.2 Å². The molecule has 0 amide bonds. The van der Waals surface area contributed by atoms with Crippen molar-refractivity contribution in [3.05, 3.63) is 23.4 Å².